The van der Waals surface area contributed by atoms with Gasteiger partial charge >= 0.3 is 6.18 Å². The Bertz CT molecular complexity index is 529. The minimum Gasteiger partial charge on any atom is -0.295 e. The number of alkyl halides is 3. The Morgan fingerprint density at radius 1 is 1.05 bits per heavy atom. The Morgan fingerprint density at radius 2 is 1.74 bits per heavy atom. The standard InChI is InChI=1S/C14H12F4O/c15-13-6-5-10(8-12(13)14(16,17)18)9-3-1-2-4-11(19)7-9/h5-8H,1-4H2. The van der Waals surface area contributed by atoms with Gasteiger partial charge in [-0.25, -0.2) is 4.39 Å². The highest BCUT2D eigenvalue weighted by molar-refractivity contribution is 5.97. The lowest BCUT2D eigenvalue weighted by atomic mass is 9.99. The lowest BCUT2D eigenvalue weighted by Gasteiger charge is -2.11. The van der Waals surface area contributed by atoms with Crippen LogP contribution in [0.25, 0.3) is 5.57 Å². The normalized spacial score (nSPS) is 17.1. The van der Waals surface area contributed by atoms with Crippen LogP contribution < -0.4 is 0 Å². The van der Waals surface area contributed by atoms with E-state index >= 15 is 0 Å². The van der Waals surface area contributed by atoms with Crippen LogP contribution in [-0.4, -0.2) is 5.78 Å². The van der Waals surface area contributed by atoms with Crippen molar-refractivity contribution in [3.63, 3.8) is 0 Å². The number of halogens is 4. The summed E-state index contributed by atoms with van der Waals surface area (Å²) < 4.78 is 51.1. The summed E-state index contributed by atoms with van der Waals surface area (Å²) in [7, 11) is 0. The molecule has 2 rings (SSSR count). The molecule has 0 N–H and O–H groups in total. The van der Waals surface area contributed by atoms with Crippen LogP contribution in [0.15, 0.2) is 24.3 Å². The highest BCUT2D eigenvalue weighted by Gasteiger charge is 2.34. The molecule has 0 spiro atoms. The van der Waals surface area contributed by atoms with Crippen molar-refractivity contribution in [2.45, 2.75) is 31.9 Å². The third-order valence-corrected chi connectivity index (χ3v) is 3.10. The molecular formula is C14H12F4O. The summed E-state index contributed by atoms with van der Waals surface area (Å²) in [5.41, 5.74) is -0.473. The van der Waals surface area contributed by atoms with E-state index in [1.54, 1.807) is 0 Å². The van der Waals surface area contributed by atoms with Gasteiger partial charge in [0.15, 0.2) is 5.78 Å². The fourth-order valence-corrected chi connectivity index (χ4v) is 2.12. The summed E-state index contributed by atoms with van der Waals surface area (Å²) in [6.45, 7) is 0. The molecule has 0 aromatic heterocycles. The second-order valence-corrected chi connectivity index (χ2v) is 4.54. The van der Waals surface area contributed by atoms with Crippen LogP contribution in [0, 0.1) is 5.82 Å². The number of ketones is 1. The van der Waals surface area contributed by atoms with Crippen LogP contribution in [0.5, 0.6) is 0 Å². The van der Waals surface area contributed by atoms with Crippen LogP contribution in [0.3, 0.4) is 0 Å². The van der Waals surface area contributed by atoms with E-state index in [4.69, 9.17) is 0 Å². The lowest BCUT2D eigenvalue weighted by molar-refractivity contribution is -0.140. The summed E-state index contributed by atoms with van der Waals surface area (Å²) >= 11 is 0. The molecule has 0 bridgehead atoms. The largest absolute Gasteiger partial charge is 0.419 e. The van der Waals surface area contributed by atoms with E-state index in [-0.39, 0.29) is 11.3 Å². The lowest BCUT2D eigenvalue weighted by Crippen LogP contribution is -2.08. The second-order valence-electron chi connectivity index (χ2n) is 4.54. The average molecular weight is 272 g/mol. The molecule has 1 nitrogen and oxygen atoms in total. The van der Waals surface area contributed by atoms with Gasteiger partial charge in [-0.15, -0.1) is 0 Å². The van der Waals surface area contributed by atoms with Gasteiger partial charge in [-0.2, -0.15) is 13.2 Å². The predicted molar refractivity (Wildman–Crippen MR) is 62.9 cm³/mol. The zero-order valence-corrected chi connectivity index (χ0v) is 10.1. The molecule has 1 aromatic carbocycles. The molecule has 1 aliphatic carbocycles. The highest BCUT2D eigenvalue weighted by atomic mass is 19.4. The van der Waals surface area contributed by atoms with Gasteiger partial charge in [-0.1, -0.05) is 6.07 Å². The molecule has 0 fully saturated rings. The number of carbonyl (C=O) groups is 1. The minimum absolute atomic E-state index is 0.0922. The Morgan fingerprint density at radius 3 is 2.42 bits per heavy atom. The summed E-state index contributed by atoms with van der Waals surface area (Å²) in [5, 5.41) is 0. The smallest absolute Gasteiger partial charge is 0.295 e. The number of hydrogen-bond acceptors (Lipinski definition) is 1. The molecule has 0 amide bonds. The summed E-state index contributed by atoms with van der Waals surface area (Å²) in [6, 6.07) is 2.86. The predicted octanol–water partition coefficient (Wildman–Crippen LogP) is 4.37. The molecule has 0 radical (unpaired) electrons. The van der Waals surface area contributed by atoms with Crippen molar-refractivity contribution in [1.29, 1.82) is 0 Å². The first kappa shape index (κ1) is 13.8. The molecule has 19 heavy (non-hydrogen) atoms. The van der Waals surface area contributed by atoms with E-state index in [0.29, 0.717) is 18.4 Å². The summed E-state index contributed by atoms with van der Waals surface area (Å²) in [6.07, 6.45) is -0.927. The molecule has 0 saturated heterocycles. The minimum atomic E-state index is -4.73. The molecule has 1 aromatic rings. The molecule has 5 heteroatoms. The first-order chi connectivity index (χ1) is 8.88. The maximum atomic E-state index is 13.2. The van der Waals surface area contributed by atoms with E-state index in [1.165, 1.54) is 12.1 Å². The van der Waals surface area contributed by atoms with Crippen molar-refractivity contribution >= 4 is 11.4 Å². The van der Waals surface area contributed by atoms with Gasteiger partial charge in [-0.05, 0) is 48.6 Å². The van der Waals surface area contributed by atoms with Gasteiger partial charge in [0.2, 0.25) is 0 Å². The number of benzene rings is 1. The first-order valence-corrected chi connectivity index (χ1v) is 5.98. The van der Waals surface area contributed by atoms with E-state index in [2.05, 4.69) is 0 Å². The van der Waals surface area contributed by atoms with E-state index < -0.39 is 17.6 Å². The fourth-order valence-electron chi connectivity index (χ4n) is 2.12. The first-order valence-electron chi connectivity index (χ1n) is 5.98. The van der Waals surface area contributed by atoms with E-state index in [9.17, 15) is 22.4 Å². The fraction of sp³-hybridized carbons (Fsp3) is 0.357. The number of rotatable bonds is 1. The molecule has 0 unspecified atom stereocenters. The average Bonchev–Trinajstić information content (AvgIpc) is 2.53. The SMILES string of the molecule is O=C1C=C(c2ccc(F)c(C(F)(F)F)c2)CCCC1. The van der Waals surface area contributed by atoms with Crippen molar-refractivity contribution in [1.82, 2.24) is 0 Å². The van der Waals surface area contributed by atoms with Crippen molar-refractivity contribution in [2.24, 2.45) is 0 Å². The Kier molecular flexibility index (Phi) is 3.73. The van der Waals surface area contributed by atoms with Crippen LogP contribution in [0.1, 0.15) is 36.8 Å². The van der Waals surface area contributed by atoms with Gasteiger partial charge in [0.25, 0.3) is 0 Å². The zero-order valence-electron chi connectivity index (χ0n) is 10.1. The zero-order chi connectivity index (χ0) is 14.0. The van der Waals surface area contributed by atoms with Crippen molar-refractivity contribution in [2.75, 3.05) is 0 Å². The third kappa shape index (κ3) is 3.22. The van der Waals surface area contributed by atoms with Crippen LogP contribution in [0.4, 0.5) is 17.6 Å². The maximum Gasteiger partial charge on any atom is 0.419 e. The van der Waals surface area contributed by atoms with E-state index in [0.717, 1.165) is 25.0 Å². The van der Waals surface area contributed by atoms with Crippen LogP contribution in [-0.2, 0) is 11.0 Å². The maximum absolute atomic E-state index is 13.2. The van der Waals surface area contributed by atoms with Crippen molar-refractivity contribution < 1.29 is 22.4 Å². The molecule has 1 aliphatic rings. The Balaban J connectivity index is 2.43. The van der Waals surface area contributed by atoms with Gasteiger partial charge in [0.05, 0.1) is 5.56 Å². The van der Waals surface area contributed by atoms with Gasteiger partial charge in [-0.3, -0.25) is 4.79 Å². The molecule has 0 aliphatic heterocycles. The van der Waals surface area contributed by atoms with E-state index in [1.807, 2.05) is 0 Å². The second kappa shape index (κ2) is 5.15. The van der Waals surface area contributed by atoms with Crippen molar-refractivity contribution in [3.05, 3.63) is 41.2 Å². The number of carbonyl (C=O) groups excluding carboxylic acids is 1. The molecule has 0 heterocycles. The van der Waals surface area contributed by atoms with Gasteiger partial charge in [0, 0.05) is 6.42 Å². The monoisotopic (exact) mass is 272 g/mol. The van der Waals surface area contributed by atoms with Gasteiger partial charge < -0.3 is 0 Å². The Labute approximate surface area is 107 Å². The molecule has 102 valence electrons. The van der Waals surface area contributed by atoms with Crippen molar-refractivity contribution in [3.8, 4) is 0 Å². The topological polar surface area (TPSA) is 17.1 Å². The van der Waals surface area contributed by atoms with Crippen LogP contribution in [0.2, 0.25) is 0 Å². The molecular weight excluding hydrogens is 260 g/mol. The number of hydrogen-bond donors (Lipinski definition) is 0. The Hall–Kier alpha value is -1.65. The highest BCUT2D eigenvalue weighted by Crippen LogP contribution is 2.34. The quantitative estimate of drug-likeness (QED) is 0.694. The number of allylic oxidation sites excluding steroid dienone is 2. The molecule has 0 saturated carbocycles. The molecule has 0 atom stereocenters. The third-order valence-electron chi connectivity index (χ3n) is 3.10. The summed E-state index contributed by atoms with van der Waals surface area (Å²) in [5.74, 6) is -1.39. The summed E-state index contributed by atoms with van der Waals surface area (Å²) in [4.78, 5) is 11.4. The van der Waals surface area contributed by atoms with Gasteiger partial charge in [0.1, 0.15) is 5.82 Å². The van der Waals surface area contributed by atoms with Crippen LogP contribution >= 0.6 is 0 Å².